The molecule has 0 fully saturated rings. The van der Waals surface area contributed by atoms with E-state index >= 15 is 0 Å². The molecular weight excluding hydrogens is 168 g/mol. The Bertz CT molecular complexity index is 253. The Morgan fingerprint density at radius 1 is 1.46 bits per heavy atom. The number of anilines is 2. The molecule has 0 aliphatic heterocycles. The zero-order valence-corrected chi connectivity index (χ0v) is 7.87. The first-order chi connectivity index (χ1) is 6.26. The van der Waals surface area contributed by atoms with E-state index < -0.39 is 0 Å². The van der Waals surface area contributed by atoms with Crippen molar-refractivity contribution in [1.82, 2.24) is 9.97 Å². The third-order valence-electron chi connectivity index (χ3n) is 1.37. The molecule has 0 radical (unpaired) electrons. The van der Waals surface area contributed by atoms with Crippen molar-refractivity contribution in [2.45, 2.75) is 13.8 Å². The number of aromatic nitrogens is 2. The van der Waals surface area contributed by atoms with Gasteiger partial charge in [0.05, 0.1) is 6.61 Å². The van der Waals surface area contributed by atoms with Gasteiger partial charge in [-0.1, -0.05) is 0 Å². The molecule has 5 heteroatoms. The van der Waals surface area contributed by atoms with E-state index in [0.29, 0.717) is 18.3 Å². The molecule has 72 valence electrons. The number of nitrogens with two attached hydrogens (primary N) is 1. The van der Waals surface area contributed by atoms with Crippen molar-refractivity contribution in [3.05, 3.63) is 6.07 Å². The number of hydrogen-bond acceptors (Lipinski definition) is 5. The van der Waals surface area contributed by atoms with Crippen LogP contribution in [0.3, 0.4) is 0 Å². The van der Waals surface area contributed by atoms with Gasteiger partial charge in [-0.05, 0) is 13.8 Å². The molecule has 5 nitrogen and oxygen atoms in total. The van der Waals surface area contributed by atoms with E-state index in [9.17, 15) is 0 Å². The van der Waals surface area contributed by atoms with Crippen LogP contribution >= 0.6 is 0 Å². The van der Waals surface area contributed by atoms with Gasteiger partial charge in [0.1, 0.15) is 5.82 Å². The van der Waals surface area contributed by atoms with Crippen LogP contribution in [0.15, 0.2) is 6.07 Å². The largest absolute Gasteiger partial charge is 0.478 e. The molecule has 1 aromatic heterocycles. The van der Waals surface area contributed by atoms with Crippen LogP contribution < -0.4 is 15.8 Å². The van der Waals surface area contributed by atoms with Gasteiger partial charge in [0.2, 0.25) is 11.8 Å². The molecule has 0 amide bonds. The Labute approximate surface area is 77.3 Å². The van der Waals surface area contributed by atoms with Crippen LogP contribution in [0, 0.1) is 0 Å². The molecule has 0 aromatic carbocycles. The average molecular weight is 182 g/mol. The predicted octanol–water partition coefficient (Wildman–Crippen LogP) is 0.889. The zero-order valence-electron chi connectivity index (χ0n) is 7.87. The molecule has 0 unspecified atom stereocenters. The number of ether oxygens (including phenoxy) is 1. The predicted molar refractivity (Wildman–Crippen MR) is 51.8 cm³/mol. The molecule has 0 aliphatic carbocycles. The number of hydrogen-bond donors (Lipinski definition) is 2. The molecule has 0 bridgehead atoms. The second-order valence-electron chi connectivity index (χ2n) is 2.41. The fourth-order valence-electron chi connectivity index (χ4n) is 0.936. The Morgan fingerprint density at radius 3 is 2.85 bits per heavy atom. The summed E-state index contributed by atoms with van der Waals surface area (Å²) >= 11 is 0. The lowest BCUT2D eigenvalue weighted by atomic mass is 10.5. The van der Waals surface area contributed by atoms with E-state index in [1.807, 2.05) is 13.8 Å². The minimum atomic E-state index is 0.224. The summed E-state index contributed by atoms with van der Waals surface area (Å²) in [6.07, 6.45) is 0. The van der Waals surface area contributed by atoms with Gasteiger partial charge in [-0.25, -0.2) is 0 Å². The summed E-state index contributed by atoms with van der Waals surface area (Å²) in [5.74, 6) is 1.42. The SMILES string of the molecule is CCNc1cc(OCC)nc(N)n1. The number of nitrogens with one attached hydrogen (secondary N) is 1. The van der Waals surface area contributed by atoms with E-state index in [4.69, 9.17) is 10.5 Å². The third-order valence-corrected chi connectivity index (χ3v) is 1.37. The van der Waals surface area contributed by atoms with Crippen molar-refractivity contribution in [1.29, 1.82) is 0 Å². The normalized spacial score (nSPS) is 9.69. The highest BCUT2D eigenvalue weighted by molar-refractivity contribution is 5.42. The van der Waals surface area contributed by atoms with Gasteiger partial charge >= 0.3 is 0 Å². The summed E-state index contributed by atoms with van der Waals surface area (Å²) in [4.78, 5) is 7.89. The first-order valence-electron chi connectivity index (χ1n) is 4.27. The van der Waals surface area contributed by atoms with Crippen molar-refractivity contribution < 1.29 is 4.74 Å². The van der Waals surface area contributed by atoms with Gasteiger partial charge in [0.25, 0.3) is 0 Å². The second kappa shape index (κ2) is 4.49. The van der Waals surface area contributed by atoms with E-state index in [2.05, 4.69) is 15.3 Å². The first-order valence-corrected chi connectivity index (χ1v) is 4.27. The van der Waals surface area contributed by atoms with E-state index in [1.165, 1.54) is 0 Å². The molecule has 1 aromatic rings. The summed E-state index contributed by atoms with van der Waals surface area (Å²) < 4.78 is 5.20. The molecular formula is C8H14N4O. The maximum absolute atomic E-state index is 5.48. The monoisotopic (exact) mass is 182 g/mol. The number of nitrogen functional groups attached to an aromatic ring is 1. The summed E-state index contributed by atoms with van der Waals surface area (Å²) in [6.45, 7) is 5.24. The van der Waals surface area contributed by atoms with Crippen LogP contribution in [0.5, 0.6) is 5.88 Å². The Morgan fingerprint density at radius 2 is 2.23 bits per heavy atom. The van der Waals surface area contributed by atoms with Crippen molar-refractivity contribution in [3.8, 4) is 5.88 Å². The van der Waals surface area contributed by atoms with Crippen molar-refractivity contribution in [2.24, 2.45) is 0 Å². The van der Waals surface area contributed by atoms with Crippen molar-refractivity contribution in [3.63, 3.8) is 0 Å². The Kier molecular flexibility index (Phi) is 3.31. The Balaban J connectivity index is 2.83. The van der Waals surface area contributed by atoms with Crippen LogP contribution in [0.4, 0.5) is 11.8 Å². The maximum Gasteiger partial charge on any atom is 0.225 e. The van der Waals surface area contributed by atoms with Gasteiger partial charge in [0, 0.05) is 12.6 Å². The van der Waals surface area contributed by atoms with Crippen LogP contribution in [0.25, 0.3) is 0 Å². The summed E-state index contributed by atoms with van der Waals surface area (Å²) in [5.41, 5.74) is 5.48. The fraction of sp³-hybridized carbons (Fsp3) is 0.500. The lowest BCUT2D eigenvalue weighted by molar-refractivity contribution is 0.327. The average Bonchev–Trinajstić information content (AvgIpc) is 2.04. The van der Waals surface area contributed by atoms with E-state index in [1.54, 1.807) is 6.07 Å². The van der Waals surface area contributed by atoms with E-state index in [0.717, 1.165) is 6.54 Å². The van der Waals surface area contributed by atoms with Crippen LogP contribution in [-0.2, 0) is 0 Å². The van der Waals surface area contributed by atoms with Gasteiger partial charge in [-0.3, -0.25) is 0 Å². The molecule has 1 rings (SSSR count). The standard InChI is InChI=1S/C8H14N4O/c1-3-10-6-5-7(13-4-2)12-8(9)11-6/h5H,3-4H2,1-2H3,(H3,9,10,11,12). The summed E-state index contributed by atoms with van der Waals surface area (Å²) in [6, 6.07) is 1.73. The highest BCUT2D eigenvalue weighted by atomic mass is 16.5. The molecule has 13 heavy (non-hydrogen) atoms. The summed E-state index contributed by atoms with van der Waals surface area (Å²) in [5, 5.41) is 3.04. The van der Waals surface area contributed by atoms with Gasteiger partial charge in [0.15, 0.2) is 0 Å². The number of nitrogens with zero attached hydrogens (tertiary/aromatic N) is 2. The van der Waals surface area contributed by atoms with Gasteiger partial charge in [-0.2, -0.15) is 9.97 Å². The van der Waals surface area contributed by atoms with E-state index in [-0.39, 0.29) is 5.95 Å². The molecule has 0 saturated heterocycles. The van der Waals surface area contributed by atoms with Gasteiger partial charge < -0.3 is 15.8 Å². The molecule has 0 atom stereocenters. The zero-order chi connectivity index (χ0) is 9.68. The fourth-order valence-corrected chi connectivity index (χ4v) is 0.936. The van der Waals surface area contributed by atoms with Crippen LogP contribution in [0.2, 0.25) is 0 Å². The molecule has 0 saturated carbocycles. The quantitative estimate of drug-likeness (QED) is 0.723. The molecule has 0 aliphatic rings. The Hall–Kier alpha value is -1.52. The lowest BCUT2D eigenvalue weighted by Crippen LogP contribution is -2.05. The van der Waals surface area contributed by atoms with Crippen LogP contribution in [-0.4, -0.2) is 23.1 Å². The third kappa shape index (κ3) is 2.77. The molecule has 3 N–H and O–H groups in total. The maximum atomic E-state index is 5.48. The van der Waals surface area contributed by atoms with Crippen molar-refractivity contribution in [2.75, 3.05) is 24.2 Å². The molecule has 0 spiro atoms. The van der Waals surface area contributed by atoms with Crippen LogP contribution in [0.1, 0.15) is 13.8 Å². The smallest absolute Gasteiger partial charge is 0.225 e. The van der Waals surface area contributed by atoms with Crippen molar-refractivity contribution >= 4 is 11.8 Å². The number of rotatable bonds is 4. The first kappa shape index (κ1) is 9.57. The van der Waals surface area contributed by atoms with Gasteiger partial charge in [-0.15, -0.1) is 0 Å². The highest BCUT2D eigenvalue weighted by Crippen LogP contribution is 2.13. The second-order valence-corrected chi connectivity index (χ2v) is 2.41. The topological polar surface area (TPSA) is 73.1 Å². The molecule has 1 heterocycles. The lowest BCUT2D eigenvalue weighted by Gasteiger charge is -2.06. The minimum absolute atomic E-state index is 0.224. The summed E-state index contributed by atoms with van der Waals surface area (Å²) in [7, 11) is 0. The highest BCUT2D eigenvalue weighted by Gasteiger charge is 2.00. The minimum Gasteiger partial charge on any atom is -0.478 e.